The number of rotatable bonds is 3. The summed E-state index contributed by atoms with van der Waals surface area (Å²) in [5.74, 6) is 0.463. The lowest BCUT2D eigenvalue weighted by Crippen LogP contribution is -2.19. The molecule has 6 nitrogen and oxygen atoms in total. The van der Waals surface area contributed by atoms with Crippen molar-refractivity contribution in [1.29, 1.82) is 0 Å². The summed E-state index contributed by atoms with van der Waals surface area (Å²) in [7, 11) is 2.63. The number of ether oxygens (including phenoxy) is 4. The lowest BCUT2D eigenvalue weighted by molar-refractivity contribution is -0.150. The second-order valence-electron chi connectivity index (χ2n) is 3.76. The summed E-state index contributed by atoms with van der Waals surface area (Å²) in [6.07, 6.45) is -1.45. The zero-order chi connectivity index (χ0) is 14.0. The Kier molecular flexibility index (Phi) is 4.16. The topological polar surface area (TPSA) is 74.2 Å². The van der Waals surface area contributed by atoms with Gasteiger partial charge in [0.25, 0.3) is 0 Å². The molecule has 7 heteroatoms. The van der Waals surface area contributed by atoms with Crippen molar-refractivity contribution in [2.45, 2.75) is 6.10 Å². The van der Waals surface area contributed by atoms with Crippen LogP contribution in [0.1, 0.15) is 11.7 Å². The van der Waals surface area contributed by atoms with Crippen LogP contribution in [0.4, 0.5) is 0 Å². The minimum Gasteiger partial charge on any atom is -0.495 e. The Morgan fingerprint density at radius 3 is 2.74 bits per heavy atom. The summed E-state index contributed by atoms with van der Waals surface area (Å²) in [6.45, 7) is 0.827. The van der Waals surface area contributed by atoms with Crippen molar-refractivity contribution in [3.05, 3.63) is 16.1 Å². The van der Waals surface area contributed by atoms with Crippen LogP contribution in [0.15, 0.2) is 10.5 Å². The summed E-state index contributed by atoms with van der Waals surface area (Å²) in [5, 5.41) is 9.96. The molecule has 2 rings (SSSR count). The number of aliphatic hydroxyl groups excluding tert-OH is 1. The van der Waals surface area contributed by atoms with Crippen molar-refractivity contribution in [2.75, 3.05) is 27.4 Å². The monoisotopic (exact) mass is 332 g/mol. The van der Waals surface area contributed by atoms with Gasteiger partial charge in [-0.1, -0.05) is 0 Å². The normalized spacial score (nSPS) is 14.7. The van der Waals surface area contributed by atoms with Crippen molar-refractivity contribution in [2.24, 2.45) is 0 Å². The maximum atomic E-state index is 11.4. The van der Waals surface area contributed by atoms with Crippen LogP contribution < -0.4 is 14.2 Å². The average Bonchev–Trinajstić information content (AvgIpc) is 2.45. The van der Waals surface area contributed by atoms with Crippen LogP contribution in [-0.2, 0) is 9.53 Å². The summed E-state index contributed by atoms with van der Waals surface area (Å²) in [6, 6.07) is 1.51. The molecule has 1 heterocycles. The summed E-state index contributed by atoms with van der Waals surface area (Å²) < 4.78 is 21.1. The van der Waals surface area contributed by atoms with Gasteiger partial charge in [-0.3, -0.25) is 0 Å². The van der Waals surface area contributed by atoms with Crippen LogP contribution in [0.3, 0.4) is 0 Å². The van der Waals surface area contributed by atoms with Crippen molar-refractivity contribution in [1.82, 2.24) is 0 Å². The van der Waals surface area contributed by atoms with Gasteiger partial charge >= 0.3 is 5.97 Å². The first-order chi connectivity index (χ1) is 9.10. The number of benzene rings is 1. The number of fused-ring (bicyclic) bond motifs is 1. The van der Waals surface area contributed by atoms with E-state index in [-0.39, 0.29) is 5.56 Å². The molecule has 0 radical (unpaired) electrons. The number of carbonyl (C=O) groups excluding carboxylic acids is 1. The SMILES string of the molecule is COC(=O)C(O)c1cc2c(c(Br)c1OC)OCCO2. The molecule has 0 saturated carbocycles. The van der Waals surface area contributed by atoms with Crippen molar-refractivity contribution < 1.29 is 28.8 Å². The molecule has 0 saturated heterocycles. The maximum Gasteiger partial charge on any atom is 0.339 e. The smallest absolute Gasteiger partial charge is 0.339 e. The van der Waals surface area contributed by atoms with Crippen LogP contribution in [0.25, 0.3) is 0 Å². The molecule has 1 N–H and O–H groups in total. The van der Waals surface area contributed by atoms with Crippen molar-refractivity contribution in [3.8, 4) is 17.2 Å². The molecule has 0 bridgehead atoms. The van der Waals surface area contributed by atoms with Gasteiger partial charge in [-0.2, -0.15) is 0 Å². The zero-order valence-electron chi connectivity index (χ0n) is 10.4. The van der Waals surface area contributed by atoms with Crippen LogP contribution in [0, 0.1) is 0 Å². The minimum atomic E-state index is -1.45. The fourth-order valence-electron chi connectivity index (χ4n) is 1.80. The molecule has 0 amide bonds. The van der Waals surface area contributed by atoms with Gasteiger partial charge in [-0.25, -0.2) is 4.79 Å². The second kappa shape index (κ2) is 5.66. The molecular formula is C12H13BrO6. The van der Waals surface area contributed by atoms with Gasteiger partial charge in [0, 0.05) is 5.56 Å². The van der Waals surface area contributed by atoms with E-state index in [1.807, 2.05) is 0 Å². The van der Waals surface area contributed by atoms with Crippen molar-refractivity contribution in [3.63, 3.8) is 0 Å². The Balaban J connectivity index is 2.54. The second-order valence-corrected chi connectivity index (χ2v) is 4.56. The first kappa shape index (κ1) is 14.0. The van der Waals surface area contributed by atoms with Gasteiger partial charge in [0.05, 0.1) is 14.2 Å². The number of hydrogen-bond acceptors (Lipinski definition) is 6. The van der Waals surface area contributed by atoms with E-state index < -0.39 is 12.1 Å². The Bertz CT molecular complexity index is 501. The molecule has 1 atom stereocenters. The number of methoxy groups -OCH3 is 2. The third kappa shape index (κ3) is 2.48. The third-order valence-corrected chi connectivity index (χ3v) is 3.40. The van der Waals surface area contributed by atoms with Crippen LogP contribution >= 0.6 is 15.9 Å². The standard InChI is InChI=1S/C12H13BrO6/c1-16-10-6(9(14)12(15)17-2)5-7-11(8(10)13)19-4-3-18-7/h5,9,14H,3-4H2,1-2H3. The maximum absolute atomic E-state index is 11.4. The number of hydrogen-bond donors (Lipinski definition) is 1. The van der Waals surface area contributed by atoms with Gasteiger partial charge in [-0.05, 0) is 22.0 Å². The highest BCUT2D eigenvalue weighted by molar-refractivity contribution is 9.10. The molecule has 1 aromatic rings. The van der Waals surface area contributed by atoms with E-state index in [1.165, 1.54) is 20.3 Å². The van der Waals surface area contributed by atoms with E-state index in [9.17, 15) is 9.90 Å². The fraction of sp³-hybridized carbons (Fsp3) is 0.417. The van der Waals surface area contributed by atoms with E-state index in [2.05, 4.69) is 20.7 Å². The Morgan fingerprint density at radius 2 is 2.11 bits per heavy atom. The van der Waals surface area contributed by atoms with Crippen LogP contribution in [0.2, 0.25) is 0 Å². The molecular weight excluding hydrogens is 320 g/mol. The molecule has 0 spiro atoms. The largest absolute Gasteiger partial charge is 0.495 e. The van der Waals surface area contributed by atoms with E-state index in [4.69, 9.17) is 14.2 Å². The zero-order valence-corrected chi connectivity index (χ0v) is 12.0. The third-order valence-electron chi connectivity index (χ3n) is 2.68. The first-order valence-corrected chi connectivity index (χ1v) is 6.31. The first-order valence-electron chi connectivity index (χ1n) is 5.52. The van der Waals surface area contributed by atoms with Crippen LogP contribution in [-0.4, -0.2) is 38.5 Å². The highest BCUT2D eigenvalue weighted by Crippen LogP contribution is 2.47. The fourth-order valence-corrected chi connectivity index (χ4v) is 2.50. The Hall–Kier alpha value is -1.47. The number of carbonyl (C=O) groups is 1. The highest BCUT2D eigenvalue weighted by atomic mass is 79.9. The van der Waals surface area contributed by atoms with E-state index in [0.29, 0.717) is 34.9 Å². The average molecular weight is 333 g/mol. The van der Waals surface area contributed by atoms with Gasteiger partial charge in [0.1, 0.15) is 23.4 Å². The molecule has 0 fully saturated rings. The van der Waals surface area contributed by atoms with E-state index in [1.54, 1.807) is 0 Å². The molecule has 1 aliphatic heterocycles. The molecule has 104 valence electrons. The lowest BCUT2D eigenvalue weighted by Gasteiger charge is -2.23. The Morgan fingerprint density at radius 1 is 1.42 bits per heavy atom. The van der Waals surface area contributed by atoms with E-state index in [0.717, 1.165) is 0 Å². The van der Waals surface area contributed by atoms with Crippen molar-refractivity contribution >= 4 is 21.9 Å². The molecule has 0 aliphatic carbocycles. The lowest BCUT2D eigenvalue weighted by atomic mass is 10.1. The number of esters is 1. The summed E-state index contributed by atoms with van der Waals surface area (Å²) >= 11 is 3.32. The summed E-state index contributed by atoms with van der Waals surface area (Å²) in [4.78, 5) is 11.4. The summed E-state index contributed by atoms with van der Waals surface area (Å²) in [5.41, 5.74) is 0.255. The molecule has 19 heavy (non-hydrogen) atoms. The number of halogens is 1. The molecule has 1 aliphatic rings. The van der Waals surface area contributed by atoms with E-state index >= 15 is 0 Å². The minimum absolute atomic E-state index is 0.255. The van der Waals surface area contributed by atoms with Crippen LogP contribution in [0.5, 0.6) is 17.2 Å². The predicted molar refractivity (Wildman–Crippen MR) is 68.7 cm³/mol. The van der Waals surface area contributed by atoms with Gasteiger partial charge in [-0.15, -0.1) is 0 Å². The molecule has 0 aromatic heterocycles. The van der Waals surface area contributed by atoms with Gasteiger partial charge in [0.15, 0.2) is 17.6 Å². The quantitative estimate of drug-likeness (QED) is 0.844. The predicted octanol–water partition coefficient (Wildman–Crippen LogP) is 1.44. The highest BCUT2D eigenvalue weighted by Gasteiger charge is 2.29. The molecule has 1 unspecified atom stereocenters. The van der Waals surface area contributed by atoms with Gasteiger partial charge in [0.2, 0.25) is 0 Å². The number of aliphatic hydroxyl groups is 1. The molecule has 1 aromatic carbocycles. The Labute approximate surface area is 118 Å². The van der Waals surface area contributed by atoms with Gasteiger partial charge < -0.3 is 24.1 Å².